The first-order valence-corrected chi connectivity index (χ1v) is 27.0. The van der Waals surface area contributed by atoms with Gasteiger partial charge in [0.25, 0.3) is 0 Å². The molecule has 2 aromatic carbocycles. The average molecular weight is 939 g/mol. The highest BCUT2D eigenvalue weighted by Crippen LogP contribution is 2.41. The van der Waals surface area contributed by atoms with E-state index < -0.39 is 17.9 Å². The number of methoxy groups -OCH3 is 1. The Morgan fingerprint density at radius 1 is 0.603 bits per heavy atom. The fourth-order valence-corrected chi connectivity index (χ4v) is 9.62. The third kappa shape index (κ3) is 19.8. The van der Waals surface area contributed by atoms with E-state index in [9.17, 15) is 4.79 Å². The van der Waals surface area contributed by atoms with Gasteiger partial charge in [-0.15, -0.1) is 0 Å². The monoisotopic (exact) mass is 939 g/mol. The van der Waals surface area contributed by atoms with Crippen molar-refractivity contribution in [3.8, 4) is 0 Å². The van der Waals surface area contributed by atoms with Gasteiger partial charge in [-0.25, -0.2) is 4.79 Å². The van der Waals surface area contributed by atoms with E-state index in [1.807, 2.05) is 13.8 Å². The van der Waals surface area contributed by atoms with Crippen molar-refractivity contribution >= 4 is 23.6 Å². The number of hydrogen-bond acceptors (Lipinski definition) is 7. The second-order valence-electron chi connectivity index (χ2n) is 21.1. The summed E-state index contributed by atoms with van der Waals surface area (Å²) in [6, 6.07) is 16.8. The lowest BCUT2D eigenvalue weighted by Crippen LogP contribution is -2.39. The van der Waals surface area contributed by atoms with Gasteiger partial charge in [-0.1, -0.05) is 226 Å². The van der Waals surface area contributed by atoms with Crippen LogP contribution in [0.5, 0.6) is 0 Å². The van der Waals surface area contributed by atoms with Crippen molar-refractivity contribution in [2.24, 2.45) is 10.9 Å². The molecule has 0 radical (unpaired) electrons. The number of nitrogens with zero attached hydrogens (tertiary/aromatic N) is 2. The smallest absolute Gasteiger partial charge is 0.409 e. The van der Waals surface area contributed by atoms with Gasteiger partial charge in [0.05, 0.1) is 27.2 Å². The van der Waals surface area contributed by atoms with Crippen LogP contribution in [0, 0.1) is 5.92 Å². The van der Waals surface area contributed by atoms with Gasteiger partial charge in [0.1, 0.15) is 0 Å². The second-order valence-corrected chi connectivity index (χ2v) is 21.1. The topological polar surface area (TPSA) is 94.5 Å². The summed E-state index contributed by atoms with van der Waals surface area (Å²) in [5.74, 6) is -0.564. The number of ketones is 2. The Morgan fingerprint density at radius 3 is 1.50 bits per heavy atom. The lowest BCUT2D eigenvalue weighted by atomic mass is 9.72. The molecule has 1 aliphatic rings. The molecule has 0 N–H and O–H groups in total. The Morgan fingerprint density at radius 2 is 1.04 bits per heavy atom. The molecule has 380 valence electrons. The van der Waals surface area contributed by atoms with E-state index in [4.69, 9.17) is 19.5 Å². The second kappa shape index (κ2) is 32.0. The summed E-state index contributed by atoms with van der Waals surface area (Å²) in [6.45, 7) is 20.4. The van der Waals surface area contributed by atoms with Gasteiger partial charge in [0.15, 0.2) is 11.6 Å². The molecule has 0 bridgehead atoms. The molecule has 2 atom stereocenters. The number of Topliss-reactive ketones (excluding diaryl/α,β-unsaturated/α-hetero) is 2. The molecule has 0 aliphatic heterocycles. The van der Waals surface area contributed by atoms with Gasteiger partial charge in [-0.05, 0) is 52.8 Å². The van der Waals surface area contributed by atoms with Crippen LogP contribution < -0.4 is 0 Å². The number of amides is 1. The average Bonchev–Trinajstić information content (AvgIpc) is 3.31. The van der Waals surface area contributed by atoms with Gasteiger partial charge < -0.3 is 14.5 Å². The van der Waals surface area contributed by atoms with Gasteiger partial charge in [0.2, 0.25) is 5.90 Å². The van der Waals surface area contributed by atoms with Gasteiger partial charge in [-0.2, -0.15) is 4.89 Å². The highest BCUT2D eigenvalue weighted by Gasteiger charge is 2.41. The summed E-state index contributed by atoms with van der Waals surface area (Å²) >= 11 is 0. The van der Waals surface area contributed by atoms with Crippen LogP contribution >= 0.6 is 0 Å². The van der Waals surface area contributed by atoms with Crippen molar-refractivity contribution in [1.29, 1.82) is 0 Å². The Labute approximate surface area is 414 Å². The lowest BCUT2D eigenvalue weighted by Gasteiger charge is -2.32. The van der Waals surface area contributed by atoms with Crippen LogP contribution in [0.3, 0.4) is 0 Å². The van der Waals surface area contributed by atoms with Crippen LogP contribution in [-0.2, 0) is 35.9 Å². The first kappa shape index (κ1) is 58.3. The summed E-state index contributed by atoms with van der Waals surface area (Å²) in [5.41, 5.74) is 5.73. The quantitative estimate of drug-likeness (QED) is 0.0177. The van der Waals surface area contributed by atoms with Crippen LogP contribution in [-0.4, -0.2) is 62.3 Å². The molecule has 1 amide bonds. The Balaban J connectivity index is 2.07. The Kier molecular flexibility index (Phi) is 27.4. The number of allylic oxidation sites excluding steroid dienone is 2. The third-order valence-electron chi connectivity index (χ3n) is 13.8. The molecule has 3 rings (SSSR count). The van der Waals surface area contributed by atoms with E-state index in [0.29, 0.717) is 41.3 Å². The number of rotatable bonds is 33. The fourth-order valence-electron chi connectivity index (χ4n) is 9.62. The third-order valence-corrected chi connectivity index (χ3v) is 13.8. The van der Waals surface area contributed by atoms with Gasteiger partial charge >= 0.3 is 6.09 Å². The predicted octanol–water partition coefficient (Wildman–Crippen LogP) is 16.1. The van der Waals surface area contributed by atoms with Crippen LogP contribution in [0.15, 0.2) is 75.8 Å². The number of benzene rings is 2. The number of aliphatic imine (C=N–C) groups is 1. The zero-order chi connectivity index (χ0) is 49.9. The molecule has 0 spiro atoms. The fraction of sp³-hybridized carbons (Fsp3) is 0.667. The van der Waals surface area contributed by atoms with Crippen molar-refractivity contribution in [2.45, 2.75) is 221 Å². The summed E-state index contributed by atoms with van der Waals surface area (Å²) in [6.07, 6.45) is 24.2. The van der Waals surface area contributed by atoms with Crippen LogP contribution in [0.4, 0.5) is 4.79 Å². The van der Waals surface area contributed by atoms with E-state index in [1.165, 1.54) is 115 Å². The molecule has 8 nitrogen and oxygen atoms in total. The first-order chi connectivity index (χ1) is 32.7. The Bertz CT molecular complexity index is 1880. The Hall–Kier alpha value is -4.04. The standard InChI is InChI=1S/C60H94N2O6/c1-12-14-16-18-20-22-24-26-28-30-40-61-54(68-67-11)43-52-55(46(5)49-34-32-48(33-35-49)42-45(3)4)58(64)53(56(57(52)63)47(6)50-36-38-51(39-37-50)60(7,8)9)44-62(59(65)66-10)41-31-29-27-25-23-21-19-17-15-13-2/h32-39,45-47H,12-31,40-44H2,1-11H3. The molecular formula is C60H94N2O6. The largest absolute Gasteiger partial charge is 0.453 e. The zero-order valence-corrected chi connectivity index (χ0v) is 44.9. The van der Waals surface area contributed by atoms with Gasteiger partial charge in [0, 0.05) is 47.2 Å². The molecule has 68 heavy (non-hydrogen) atoms. The molecule has 2 unspecified atom stereocenters. The summed E-state index contributed by atoms with van der Waals surface area (Å²) in [5, 5.41) is 0. The van der Waals surface area contributed by atoms with Crippen molar-refractivity contribution in [2.75, 3.05) is 33.9 Å². The highest BCUT2D eigenvalue weighted by atomic mass is 17.2. The minimum absolute atomic E-state index is 0.00701. The maximum Gasteiger partial charge on any atom is 0.409 e. The normalized spacial score (nSPS) is 14.6. The zero-order valence-electron chi connectivity index (χ0n) is 44.9. The van der Waals surface area contributed by atoms with Crippen molar-refractivity contribution < 1.29 is 28.9 Å². The number of hydrogen-bond donors (Lipinski definition) is 0. The van der Waals surface area contributed by atoms with E-state index in [2.05, 4.69) is 97.0 Å². The van der Waals surface area contributed by atoms with Gasteiger partial charge in [-0.3, -0.25) is 14.6 Å². The SMILES string of the molecule is CCCCCCCCCCCCN=C(CC1=C(C(C)c2ccc(CC(C)C)cc2)C(=O)C(CN(CCCCCCCCCCCC)C(=O)OC)=C(C(C)c2ccc(C(C)(C)C)cc2)C1=O)OOC. The lowest BCUT2D eigenvalue weighted by molar-refractivity contribution is -0.196. The van der Waals surface area contributed by atoms with Crippen LogP contribution in [0.2, 0.25) is 0 Å². The first-order valence-electron chi connectivity index (χ1n) is 27.0. The molecule has 1 aliphatic carbocycles. The molecule has 0 aromatic heterocycles. The highest BCUT2D eigenvalue weighted by molar-refractivity contribution is 6.27. The molecule has 8 heteroatoms. The van der Waals surface area contributed by atoms with Crippen molar-refractivity contribution in [3.05, 3.63) is 93.1 Å². The molecular weight excluding hydrogens is 845 g/mol. The summed E-state index contributed by atoms with van der Waals surface area (Å²) < 4.78 is 5.37. The van der Waals surface area contributed by atoms with E-state index in [-0.39, 0.29) is 35.8 Å². The predicted molar refractivity (Wildman–Crippen MR) is 284 cm³/mol. The van der Waals surface area contributed by atoms with Crippen molar-refractivity contribution in [3.63, 3.8) is 0 Å². The van der Waals surface area contributed by atoms with Crippen molar-refractivity contribution in [1.82, 2.24) is 4.90 Å². The minimum Gasteiger partial charge on any atom is -0.453 e. The molecule has 0 saturated heterocycles. The summed E-state index contributed by atoms with van der Waals surface area (Å²) in [4.78, 5) is 62.4. The minimum atomic E-state index is -0.504. The maximum absolute atomic E-state index is 15.7. The maximum atomic E-state index is 15.7. The van der Waals surface area contributed by atoms with Crippen LogP contribution in [0.1, 0.15) is 231 Å². The summed E-state index contributed by atoms with van der Waals surface area (Å²) in [7, 11) is 2.83. The molecule has 0 saturated carbocycles. The number of carbonyl (C=O) groups excluding carboxylic acids is 3. The number of unbranched alkanes of at least 4 members (excludes halogenated alkanes) is 18. The van der Waals surface area contributed by atoms with Crippen LogP contribution in [0.25, 0.3) is 0 Å². The number of carbonyl (C=O) groups is 3. The molecule has 0 fully saturated rings. The van der Waals surface area contributed by atoms with E-state index in [0.717, 1.165) is 56.1 Å². The molecule has 2 aromatic rings. The van der Waals surface area contributed by atoms with E-state index >= 15 is 9.59 Å². The number of ether oxygens (including phenoxy) is 1. The van der Waals surface area contributed by atoms with E-state index in [1.54, 1.807) is 4.90 Å². The molecule has 0 heterocycles.